The molecule has 1 aliphatic heterocycles. The summed E-state index contributed by atoms with van der Waals surface area (Å²) in [4.78, 5) is 12.7. The van der Waals surface area contributed by atoms with Crippen LogP contribution < -0.4 is 0 Å². The van der Waals surface area contributed by atoms with Gasteiger partial charge in [0.1, 0.15) is 11.9 Å². The number of aryl methyl sites for hydroxylation is 2. The van der Waals surface area contributed by atoms with Crippen LogP contribution in [0.4, 0.5) is 0 Å². The molecule has 4 heteroatoms. The number of nitrogens with zero attached hydrogens (tertiary/aromatic N) is 2. The highest BCUT2D eigenvalue weighted by molar-refractivity contribution is 6.00. The summed E-state index contributed by atoms with van der Waals surface area (Å²) in [7, 11) is 0. The number of aliphatic imine (C=N–C) groups is 1. The first-order valence-corrected chi connectivity index (χ1v) is 7.69. The van der Waals surface area contributed by atoms with E-state index in [-0.39, 0.29) is 6.10 Å². The number of rotatable bonds is 2. The number of hydrogen-bond donors (Lipinski definition) is 1. The summed E-state index contributed by atoms with van der Waals surface area (Å²) < 4.78 is 6.04. The van der Waals surface area contributed by atoms with Crippen LogP contribution in [-0.4, -0.2) is 22.0 Å². The summed E-state index contributed by atoms with van der Waals surface area (Å²) in [6.45, 7) is 4.20. The van der Waals surface area contributed by atoms with Gasteiger partial charge in [-0.05, 0) is 43.9 Å². The molecule has 21 heavy (non-hydrogen) atoms. The Morgan fingerprint density at radius 1 is 1.38 bits per heavy atom. The molecule has 4 nitrogen and oxygen atoms in total. The summed E-state index contributed by atoms with van der Waals surface area (Å²) >= 11 is 0. The average Bonchev–Trinajstić information content (AvgIpc) is 3.10. The van der Waals surface area contributed by atoms with Crippen LogP contribution in [0.1, 0.15) is 43.1 Å². The molecule has 0 radical (unpaired) electrons. The topological polar surface area (TPSA) is 50.3 Å². The molecule has 0 amide bonds. The van der Waals surface area contributed by atoms with Crippen molar-refractivity contribution in [2.45, 2.75) is 45.6 Å². The summed E-state index contributed by atoms with van der Waals surface area (Å²) in [6.07, 6.45) is 6.66. The second-order valence-corrected chi connectivity index (χ2v) is 5.81. The van der Waals surface area contributed by atoms with Crippen LogP contribution in [0, 0.1) is 6.92 Å². The molecule has 1 aromatic carbocycles. The Kier molecular flexibility index (Phi) is 2.84. The van der Waals surface area contributed by atoms with Crippen LogP contribution in [0.3, 0.4) is 0 Å². The minimum Gasteiger partial charge on any atom is -0.467 e. The fourth-order valence-electron chi connectivity index (χ4n) is 3.11. The summed E-state index contributed by atoms with van der Waals surface area (Å²) in [5.74, 6) is 1.78. The van der Waals surface area contributed by atoms with Crippen LogP contribution in [0.25, 0.3) is 11.0 Å². The van der Waals surface area contributed by atoms with Crippen LogP contribution >= 0.6 is 0 Å². The number of allylic oxidation sites excluding steroid dienone is 1. The molecule has 1 N–H and O–H groups in total. The van der Waals surface area contributed by atoms with Crippen molar-refractivity contribution in [3.63, 3.8) is 0 Å². The molecule has 108 valence electrons. The number of ether oxygens (including phenoxy) is 1. The van der Waals surface area contributed by atoms with Crippen LogP contribution in [0.15, 0.2) is 28.9 Å². The van der Waals surface area contributed by atoms with E-state index in [1.807, 2.05) is 0 Å². The Hall–Kier alpha value is -2.10. The van der Waals surface area contributed by atoms with E-state index in [1.54, 1.807) is 0 Å². The lowest BCUT2D eigenvalue weighted by Crippen LogP contribution is -2.14. The fraction of sp³-hybridized carbons (Fsp3) is 0.412. The predicted octanol–water partition coefficient (Wildman–Crippen LogP) is 3.65. The minimum atomic E-state index is 0.165. The largest absolute Gasteiger partial charge is 0.467 e. The van der Waals surface area contributed by atoms with Crippen molar-refractivity contribution in [1.82, 2.24) is 9.97 Å². The predicted molar refractivity (Wildman–Crippen MR) is 83.6 cm³/mol. The van der Waals surface area contributed by atoms with Crippen LogP contribution in [-0.2, 0) is 11.2 Å². The van der Waals surface area contributed by atoms with Gasteiger partial charge in [-0.3, -0.25) is 0 Å². The molecule has 1 atom stereocenters. The number of hydrogen-bond acceptors (Lipinski definition) is 3. The van der Waals surface area contributed by atoms with Gasteiger partial charge in [0, 0.05) is 12.0 Å². The lowest BCUT2D eigenvalue weighted by molar-refractivity contribution is 0.225. The Labute approximate surface area is 123 Å². The zero-order chi connectivity index (χ0) is 14.4. The van der Waals surface area contributed by atoms with Crippen molar-refractivity contribution < 1.29 is 4.74 Å². The second-order valence-electron chi connectivity index (χ2n) is 5.81. The first-order chi connectivity index (χ1) is 10.2. The molecule has 0 saturated heterocycles. The zero-order valence-corrected chi connectivity index (χ0v) is 12.4. The highest BCUT2D eigenvalue weighted by Crippen LogP contribution is 2.30. The van der Waals surface area contributed by atoms with E-state index in [4.69, 9.17) is 4.74 Å². The number of imidazole rings is 1. The maximum Gasteiger partial charge on any atom is 0.221 e. The van der Waals surface area contributed by atoms with Crippen molar-refractivity contribution in [1.29, 1.82) is 0 Å². The Morgan fingerprint density at radius 3 is 3.10 bits per heavy atom. The number of fused-ring (bicyclic) bond motifs is 2. The highest BCUT2D eigenvalue weighted by atomic mass is 16.5. The molecule has 1 aromatic heterocycles. The van der Waals surface area contributed by atoms with Crippen molar-refractivity contribution in [3.8, 4) is 0 Å². The van der Waals surface area contributed by atoms with Crippen molar-refractivity contribution >= 4 is 16.9 Å². The monoisotopic (exact) mass is 281 g/mol. The maximum atomic E-state index is 6.04. The molecule has 2 aromatic rings. The van der Waals surface area contributed by atoms with Crippen LogP contribution in [0.5, 0.6) is 0 Å². The number of aromatic amines is 1. The second kappa shape index (κ2) is 4.72. The van der Waals surface area contributed by atoms with Gasteiger partial charge in [0.25, 0.3) is 0 Å². The van der Waals surface area contributed by atoms with Crippen LogP contribution in [0.2, 0.25) is 0 Å². The quantitative estimate of drug-likeness (QED) is 0.913. The number of nitrogens with one attached hydrogen (secondary N) is 1. The number of aromatic nitrogens is 2. The van der Waals surface area contributed by atoms with Crippen molar-refractivity contribution in [3.05, 3.63) is 40.9 Å². The summed E-state index contributed by atoms with van der Waals surface area (Å²) in [5.41, 5.74) is 5.42. The fourth-order valence-corrected chi connectivity index (χ4v) is 3.11. The molecule has 4 rings (SSSR count). The van der Waals surface area contributed by atoms with E-state index in [0.29, 0.717) is 0 Å². The van der Waals surface area contributed by atoms with Gasteiger partial charge in [-0.15, -0.1) is 0 Å². The number of H-pyrrole nitrogens is 1. The molecular formula is C17H19N3O. The molecule has 0 fully saturated rings. The first kappa shape index (κ1) is 12.6. The molecule has 2 heterocycles. The van der Waals surface area contributed by atoms with Crippen molar-refractivity contribution in [2.24, 2.45) is 4.99 Å². The molecule has 2 aliphatic rings. The molecule has 0 bridgehead atoms. The smallest absolute Gasteiger partial charge is 0.221 e. The molecule has 0 saturated carbocycles. The Balaban J connectivity index is 1.77. The van der Waals surface area contributed by atoms with Gasteiger partial charge in [-0.1, -0.05) is 13.0 Å². The molecular weight excluding hydrogens is 262 g/mol. The normalized spacial score (nSPS) is 21.0. The lowest BCUT2D eigenvalue weighted by atomic mass is 10.0. The van der Waals surface area contributed by atoms with E-state index < -0.39 is 0 Å². The van der Waals surface area contributed by atoms with E-state index in [2.05, 4.69) is 47.0 Å². The maximum absolute atomic E-state index is 6.04. The molecule has 1 unspecified atom stereocenters. The van der Waals surface area contributed by atoms with E-state index in [9.17, 15) is 0 Å². The lowest BCUT2D eigenvalue weighted by Gasteiger charge is -2.15. The van der Waals surface area contributed by atoms with E-state index in [1.165, 1.54) is 6.42 Å². The summed E-state index contributed by atoms with van der Waals surface area (Å²) in [6, 6.07) is 4.23. The zero-order valence-electron chi connectivity index (χ0n) is 12.4. The Bertz CT molecular complexity index is 770. The minimum absolute atomic E-state index is 0.165. The highest BCUT2D eigenvalue weighted by Gasteiger charge is 2.28. The van der Waals surface area contributed by atoms with Gasteiger partial charge in [-0.2, -0.15) is 0 Å². The third-order valence-corrected chi connectivity index (χ3v) is 4.25. The first-order valence-electron chi connectivity index (χ1n) is 7.69. The molecule has 1 aliphatic carbocycles. The SMILES string of the molecule is CCc1nc2c(C)cc(C3=NC4=CCCCC4O3)cc2[nH]1. The molecule has 0 spiro atoms. The summed E-state index contributed by atoms with van der Waals surface area (Å²) in [5, 5.41) is 0. The third kappa shape index (κ3) is 2.06. The van der Waals surface area contributed by atoms with Gasteiger partial charge in [0.2, 0.25) is 5.90 Å². The third-order valence-electron chi connectivity index (χ3n) is 4.25. The van der Waals surface area contributed by atoms with Gasteiger partial charge < -0.3 is 9.72 Å². The van der Waals surface area contributed by atoms with Gasteiger partial charge >= 0.3 is 0 Å². The van der Waals surface area contributed by atoms with Gasteiger partial charge in [-0.25, -0.2) is 9.98 Å². The standard InChI is InChI=1S/C17H19N3O/c1-3-15-18-13-9-11(8-10(2)16(13)20-15)17-19-12-6-4-5-7-14(12)21-17/h6,8-9,14H,3-5,7H2,1-2H3,(H,18,20). The Morgan fingerprint density at radius 2 is 2.29 bits per heavy atom. The van der Waals surface area contributed by atoms with Gasteiger partial charge in [0.15, 0.2) is 0 Å². The average molecular weight is 281 g/mol. The van der Waals surface area contributed by atoms with Crippen molar-refractivity contribution in [2.75, 3.05) is 0 Å². The number of benzene rings is 1. The van der Waals surface area contributed by atoms with E-state index >= 15 is 0 Å². The van der Waals surface area contributed by atoms with Gasteiger partial charge in [0.05, 0.1) is 16.7 Å². The van der Waals surface area contributed by atoms with E-state index in [0.717, 1.165) is 58.8 Å².